The Balaban J connectivity index is 1.62. The monoisotopic (exact) mass is 376 g/mol. The normalized spacial score (nSPS) is 11.5. The fraction of sp³-hybridized carbons (Fsp3) is 0.208. The highest BCUT2D eigenvalue weighted by molar-refractivity contribution is 5.75. The first-order chi connectivity index (χ1) is 13.7. The van der Waals surface area contributed by atoms with Crippen LogP contribution in [0.3, 0.4) is 0 Å². The molecule has 144 valence electrons. The maximum Gasteiger partial charge on any atom is 0.347 e. The molecule has 0 fully saturated rings. The highest BCUT2D eigenvalue weighted by Crippen LogP contribution is 2.18. The first-order valence-electron chi connectivity index (χ1n) is 9.38. The predicted molar refractivity (Wildman–Crippen MR) is 108 cm³/mol. The Morgan fingerprint density at radius 1 is 0.786 bits per heavy atom. The van der Waals surface area contributed by atoms with Crippen LogP contribution in [0.4, 0.5) is 0 Å². The fourth-order valence-electron chi connectivity index (χ4n) is 2.75. The van der Waals surface area contributed by atoms with Gasteiger partial charge in [0.05, 0.1) is 6.61 Å². The van der Waals surface area contributed by atoms with Crippen molar-refractivity contribution in [1.82, 2.24) is 0 Å². The van der Waals surface area contributed by atoms with Crippen LogP contribution >= 0.6 is 0 Å². The molecule has 28 heavy (non-hydrogen) atoms. The molecule has 1 atom stereocenters. The van der Waals surface area contributed by atoms with E-state index in [4.69, 9.17) is 14.2 Å². The Kier molecular flexibility index (Phi) is 7.08. The van der Waals surface area contributed by atoms with Crippen molar-refractivity contribution in [2.45, 2.75) is 26.1 Å². The molecule has 0 aliphatic carbocycles. The lowest BCUT2D eigenvalue weighted by atomic mass is 10.1. The van der Waals surface area contributed by atoms with E-state index in [-0.39, 0.29) is 5.97 Å². The number of carbonyl (C=O) groups is 1. The molecule has 0 radical (unpaired) electrons. The smallest absolute Gasteiger partial charge is 0.347 e. The van der Waals surface area contributed by atoms with Gasteiger partial charge in [-0.2, -0.15) is 0 Å². The molecule has 0 bridgehead atoms. The minimum atomic E-state index is -0.696. The lowest BCUT2D eigenvalue weighted by Crippen LogP contribution is -2.31. The number of ether oxygens (including phenoxy) is 3. The molecule has 0 saturated heterocycles. The van der Waals surface area contributed by atoms with Crippen LogP contribution in [-0.2, 0) is 22.6 Å². The third-order valence-electron chi connectivity index (χ3n) is 4.16. The van der Waals surface area contributed by atoms with E-state index in [9.17, 15) is 4.79 Å². The quantitative estimate of drug-likeness (QED) is 0.502. The zero-order valence-corrected chi connectivity index (χ0v) is 15.9. The maximum atomic E-state index is 12.3. The summed E-state index contributed by atoms with van der Waals surface area (Å²) in [6.07, 6.45) is -0.273. The van der Waals surface area contributed by atoms with Gasteiger partial charge in [-0.3, -0.25) is 0 Å². The van der Waals surface area contributed by atoms with Crippen molar-refractivity contribution in [2.24, 2.45) is 0 Å². The van der Waals surface area contributed by atoms with Crippen molar-refractivity contribution >= 4 is 5.97 Å². The fourth-order valence-corrected chi connectivity index (χ4v) is 2.75. The van der Waals surface area contributed by atoms with Crippen molar-refractivity contribution in [3.8, 4) is 11.5 Å². The Hall–Kier alpha value is -3.27. The number of esters is 1. The van der Waals surface area contributed by atoms with E-state index < -0.39 is 6.10 Å². The summed E-state index contributed by atoms with van der Waals surface area (Å²) in [5.74, 6) is 1.06. The van der Waals surface area contributed by atoms with Crippen molar-refractivity contribution in [1.29, 1.82) is 0 Å². The van der Waals surface area contributed by atoms with Gasteiger partial charge < -0.3 is 14.2 Å². The molecule has 0 heterocycles. The molecule has 0 N–H and O–H groups in total. The molecule has 0 aromatic heterocycles. The Labute approximate surface area is 165 Å². The standard InChI is InChI=1S/C24H24O4/c1-2-26-24(25)23(28-22-11-7-4-8-12-22)17-19-13-15-21(16-14-19)27-18-20-9-5-3-6-10-20/h3-16,23H,2,17-18H2,1H3. The molecule has 3 aromatic carbocycles. The Morgan fingerprint density at radius 2 is 1.43 bits per heavy atom. The summed E-state index contributed by atoms with van der Waals surface area (Å²) in [6.45, 7) is 2.62. The average Bonchev–Trinajstić information content (AvgIpc) is 2.74. The van der Waals surface area contributed by atoms with Crippen LogP contribution in [0.2, 0.25) is 0 Å². The molecule has 0 amide bonds. The second kappa shape index (κ2) is 10.2. The van der Waals surface area contributed by atoms with Crippen LogP contribution in [0.1, 0.15) is 18.1 Å². The predicted octanol–water partition coefficient (Wildman–Crippen LogP) is 4.82. The minimum Gasteiger partial charge on any atom is -0.489 e. The first-order valence-corrected chi connectivity index (χ1v) is 9.38. The van der Waals surface area contributed by atoms with Crippen molar-refractivity contribution in [2.75, 3.05) is 6.61 Å². The molecule has 0 aliphatic heterocycles. The molecule has 0 spiro atoms. The molecule has 3 rings (SSSR count). The van der Waals surface area contributed by atoms with Gasteiger partial charge in [-0.05, 0) is 42.3 Å². The molecule has 4 heteroatoms. The van der Waals surface area contributed by atoms with E-state index in [0.29, 0.717) is 25.4 Å². The number of para-hydroxylation sites is 1. The maximum absolute atomic E-state index is 12.3. The molecular weight excluding hydrogens is 352 g/mol. The van der Waals surface area contributed by atoms with E-state index in [2.05, 4.69) is 0 Å². The SMILES string of the molecule is CCOC(=O)C(Cc1ccc(OCc2ccccc2)cc1)Oc1ccccc1. The molecule has 1 unspecified atom stereocenters. The van der Waals surface area contributed by atoms with Crippen LogP contribution in [0, 0.1) is 0 Å². The molecular formula is C24H24O4. The molecule has 0 aliphatic rings. The zero-order chi connectivity index (χ0) is 19.6. The summed E-state index contributed by atoms with van der Waals surface area (Å²) in [5.41, 5.74) is 2.09. The zero-order valence-electron chi connectivity index (χ0n) is 15.9. The highest BCUT2D eigenvalue weighted by atomic mass is 16.6. The summed E-state index contributed by atoms with van der Waals surface area (Å²) in [7, 11) is 0. The van der Waals surface area contributed by atoms with Gasteiger partial charge in [0.15, 0.2) is 6.10 Å². The number of hydrogen-bond acceptors (Lipinski definition) is 4. The average molecular weight is 376 g/mol. The van der Waals surface area contributed by atoms with Crippen LogP contribution in [0.25, 0.3) is 0 Å². The summed E-state index contributed by atoms with van der Waals surface area (Å²) < 4.78 is 16.8. The van der Waals surface area contributed by atoms with E-state index in [0.717, 1.165) is 16.9 Å². The third kappa shape index (κ3) is 5.88. The Bertz CT molecular complexity index is 845. The van der Waals surface area contributed by atoms with Crippen molar-refractivity contribution in [3.63, 3.8) is 0 Å². The van der Waals surface area contributed by atoms with E-state index in [1.165, 1.54) is 0 Å². The van der Waals surface area contributed by atoms with E-state index >= 15 is 0 Å². The molecule has 0 saturated carbocycles. The van der Waals surface area contributed by atoms with Gasteiger partial charge in [-0.25, -0.2) is 4.79 Å². The highest BCUT2D eigenvalue weighted by Gasteiger charge is 2.22. The van der Waals surface area contributed by atoms with Crippen LogP contribution in [0.5, 0.6) is 11.5 Å². The lowest BCUT2D eigenvalue weighted by Gasteiger charge is -2.18. The van der Waals surface area contributed by atoms with Gasteiger partial charge in [0.2, 0.25) is 0 Å². The Morgan fingerprint density at radius 3 is 2.07 bits per heavy atom. The van der Waals surface area contributed by atoms with E-state index in [1.807, 2.05) is 84.9 Å². The molecule has 3 aromatic rings. The topological polar surface area (TPSA) is 44.8 Å². The van der Waals surface area contributed by atoms with Crippen molar-refractivity contribution in [3.05, 3.63) is 96.1 Å². The second-order valence-corrected chi connectivity index (χ2v) is 6.29. The minimum absolute atomic E-state index is 0.319. The lowest BCUT2D eigenvalue weighted by molar-refractivity contribution is -0.151. The number of benzene rings is 3. The number of hydrogen-bond donors (Lipinski definition) is 0. The first kappa shape index (κ1) is 19.5. The second-order valence-electron chi connectivity index (χ2n) is 6.29. The summed E-state index contributed by atoms with van der Waals surface area (Å²) in [4.78, 5) is 12.3. The number of rotatable bonds is 9. The largest absolute Gasteiger partial charge is 0.489 e. The summed E-state index contributed by atoms with van der Waals surface area (Å²) in [5, 5.41) is 0. The van der Waals surface area contributed by atoms with Crippen LogP contribution < -0.4 is 9.47 Å². The van der Waals surface area contributed by atoms with E-state index in [1.54, 1.807) is 6.92 Å². The van der Waals surface area contributed by atoms with Crippen molar-refractivity contribution < 1.29 is 19.0 Å². The van der Waals surface area contributed by atoms with Crippen LogP contribution in [0.15, 0.2) is 84.9 Å². The van der Waals surface area contributed by atoms with Gasteiger partial charge in [-0.15, -0.1) is 0 Å². The summed E-state index contributed by atoms with van der Waals surface area (Å²) in [6, 6.07) is 27.0. The summed E-state index contributed by atoms with van der Waals surface area (Å²) >= 11 is 0. The molecule has 4 nitrogen and oxygen atoms in total. The van der Waals surface area contributed by atoms with Gasteiger partial charge in [0.1, 0.15) is 18.1 Å². The van der Waals surface area contributed by atoms with Crippen LogP contribution in [-0.4, -0.2) is 18.7 Å². The third-order valence-corrected chi connectivity index (χ3v) is 4.16. The van der Waals surface area contributed by atoms with Gasteiger partial charge in [0.25, 0.3) is 0 Å². The number of carbonyl (C=O) groups excluding carboxylic acids is 1. The van der Waals surface area contributed by atoms with Gasteiger partial charge >= 0.3 is 5.97 Å². The van der Waals surface area contributed by atoms with Gasteiger partial charge in [0, 0.05) is 6.42 Å². The van der Waals surface area contributed by atoms with Gasteiger partial charge in [-0.1, -0.05) is 60.7 Å².